The van der Waals surface area contributed by atoms with Gasteiger partial charge in [-0.15, -0.1) is 0 Å². The van der Waals surface area contributed by atoms with Crippen molar-refractivity contribution in [2.75, 3.05) is 20.2 Å². The molecule has 1 amide bonds. The first-order chi connectivity index (χ1) is 16.2. The number of hydrogen-bond acceptors (Lipinski definition) is 6. The number of carbonyl (C=O) groups is 2. The van der Waals surface area contributed by atoms with Crippen molar-refractivity contribution in [3.05, 3.63) is 58.9 Å². The predicted molar refractivity (Wildman–Crippen MR) is 124 cm³/mol. The first-order valence-corrected chi connectivity index (χ1v) is 12.6. The zero-order chi connectivity index (χ0) is 24.5. The Kier molecular flexibility index (Phi) is 6.72. The SMILES string of the molecule is CCOC(=O)CNS(=O)(=O)Cc1cc2oc(-c3ccc(F)cc3)c(C(=O)NC)c2cc1C1CC1. The van der Waals surface area contributed by atoms with E-state index in [9.17, 15) is 22.4 Å². The molecule has 0 atom stereocenters. The van der Waals surface area contributed by atoms with Crippen molar-refractivity contribution in [2.45, 2.75) is 31.4 Å². The fraction of sp³-hybridized carbons (Fsp3) is 0.333. The smallest absolute Gasteiger partial charge is 0.320 e. The standard InChI is InChI=1S/C24H25FN2O6S/c1-3-32-21(28)12-27-34(30,31)13-16-10-20-19(11-18(16)14-4-5-14)22(24(29)26-2)23(33-20)15-6-8-17(25)9-7-15/h6-11,14,27H,3-5,12-13H2,1-2H3,(H,26,29). The van der Waals surface area contributed by atoms with Crippen LogP contribution in [0.4, 0.5) is 4.39 Å². The minimum absolute atomic E-state index is 0.158. The molecule has 0 saturated heterocycles. The number of hydrogen-bond donors (Lipinski definition) is 2. The van der Waals surface area contributed by atoms with E-state index in [2.05, 4.69) is 10.0 Å². The van der Waals surface area contributed by atoms with E-state index in [1.807, 2.05) is 6.07 Å². The number of rotatable bonds is 9. The highest BCUT2D eigenvalue weighted by molar-refractivity contribution is 7.88. The molecule has 3 aromatic rings. The molecule has 10 heteroatoms. The van der Waals surface area contributed by atoms with Crippen molar-refractivity contribution in [2.24, 2.45) is 0 Å². The highest BCUT2D eigenvalue weighted by Crippen LogP contribution is 2.45. The molecule has 1 aliphatic carbocycles. The van der Waals surface area contributed by atoms with Crippen LogP contribution in [-0.2, 0) is 25.3 Å². The molecular formula is C24H25FN2O6S. The van der Waals surface area contributed by atoms with E-state index in [0.29, 0.717) is 27.7 Å². The fourth-order valence-electron chi connectivity index (χ4n) is 3.89. The molecule has 2 aromatic carbocycles. The van der Waals surface area contributed by atoms with Gasteiger partial charge in [-0.05, 0) is 73.2 Å². The topological polar surface area (TPSA) is 115 Å². The Morgan fingerprint density at radius 1 is 1.18 bits per heavy atom. The highest BCUT2D eigenvalue weighted by atomic mass is 32.2. The maximum absolute atomic E-state index is 13.4. The summed E-state index contributed by atoms with van der Waals surface area (Å²) in [5.41, 5.74) is 2.54. The highest BCUT2D eigenvalue weighted by Gasteiger charge is 2.31. The molecular weight excluding hydrogens is 463 g/mol. The summed E-state index contributed by atoms with van der Waals surface area (Å²) in [5.74, 6) is -1.33. The molecule has 8 nitrogen and oxygen atoms in total. The second-order valence-corrected chi connectivity index (χ2v) is 9.91. The summed E-state index contributed by atoms with van der Waals surface area (Å²) in [6, 6.07) is 9.03. The minimum Gasteiger partial charge on any atom is -0.465 e. The van der Waals surface area contributed by atoms with E-state index in [0.717, 1.165) is 18.4 Å². The van der Waals surface area contributed by atoms with E-state index >= 15 is 0 Å². The molecule has 34 heavy (non-hydrogen) atoms. The van der Waals surface area contributed by atoms with E-state index in [1.54, 1.807) is 13.0 Å². The third kappa shape index (κ3) is 5.13. The number of ether oxygens (including phenoxy) is 1. The zero-order valence-electron chi connectivity index (χ0n) is 18.8. The van der Waals surface area contributed by atoms with Gasteiger partial charge in [0.15, 0.2) is 0 Å². The number of sulfonamides is 1. The average Bonchev–Trinajstić information content (AvgIpc) is 3.58. The van der Waals surface area contributed by atoms with Crippen molar-refractivity contribution in [3.63, 3.8) is 0 Å². The van der Waals surface area contributed by atoms with Crippen LogP contribution in [0.25, 0.3) is 22.3 Å². The van der Waals surface area contributed by atoms with E-state index in [4.69, 9.17) is 9.15 Å². The van der Waals surface area contributed by atoms with Crippen LogP contribution in [0.2, 0.25) is 0 Å². The number of halogens is 1. The third-order valence-corrected chi connectivity index (χ3v) is 6.89. The van der Waals surface area contributed by atoms with Crippen molar-refractivity contribution < 1.29 is 31.6 Å². The second kappa shape index (κ2) is 9.55. The molecule has 1 aliphatic rings. The van der Waals surface area contributed by atoms with Gasteiger partial charge in [0.05, 0.1) is 17.9 Å². The van der Waals surface area contributed by atoms with Crippen molar-refractivity contribution in [1.29, 1.82) is 0 Å². The molecule has 4 rings (SSSR count). The number of esters is 1. The Labute approximate surface area is 196 Å². The Hall–Kier alpha value is -3.24. The van der Waals surface area contributed by atoms with Crippen LogP contribution >= 0.6 is 0 Å². The molecule has 0 unspecified atom stereocenters. The molecule has 0 bridgehead atoms. The number of carbonyl (C=O) groups excluding carboxylic acids is 2. The van der Waals surface area contributed by atoms with Crippen LogP contribution < -0.4 is 10.0 Å². The van der Waals surface area contributed by atoms with E-state index in [1.165, 1.54) is 31.3 Å². The van der Waals surface area contributed by atoms with E-state index < -0.39 is 28.4 Å². The predicted octanol–water partition coefficient (Wildman–Crippen LogP) is 3.46. The monoisotopic (exact) mass is 488 g/mol. The number of benzene rings is 2. The van der Waals surface area contributed by atoms with Gasteiger partial charge in [-0.1, -0.05) is 0 Å². The third-order valence-electron chi connectivity index (χ3n) is 5.61. The summed E-state index contributed by atoms with van der Waals surface area (Å²) in [6.45, 7) is 1.35. The molecule has 2 N–H and O–H groups in total. The van der Waals surface area contributed by atoms with Crippen molar-refractivity contribution in [3.8, 4) is 11.3 Å². The van der Waals surface area contributed by atoms with Gasteiger partial charge >= 0.3 is 5.97 Å². The zero-order valence-corrected chi connectivity index (χ0v) is 19.6. The summed E-state index contributed by atoms with van der Waals surface area (Å²) in [7, 11) is -2.33. The van der Waals surface area contributed by atoms with Gasteiger partial charge in [-0.3, -0.25) is 9.59 Å². The molecule has 1 saturated carbocycles. The summed E-state index contributed by atoms with van der Waals surface area (Å²) in [5, 5.41) is 3.17. The summed E-state index contributed by atoms with van der Waals surface area (Å²) >= 11 is 0. The van der Waals surface area contributed by atoms with Gasteiger partial charge < -0.3 is 14.5 Å². The molecule has 0 aliphatic heterocycles. The van der Waals surface area contributed by atoms with Crippen LogP contribution in [0, 0.1) is 5.82 Å². The Morgan fingerprint density at radius 2 is 1.88 bits per heavy atom. The Bertz CT molecular complexity index is 1340. The van der Waals surface area contributed by atoms with Gasteiger partial charge in [0.2, 0.25) is 10.0 Å². The molecule has 1 fully saturated rings. The minimum atomic E-state index is -3.84. The molecule has 180 valence electrons. The lowest BCUT2D eigenvalue weighted by atomic mass is 9.98. The maximum atomic E-state index is 13.4. The number of fused-ring (bicyclic) bond motifs is 1. The van der Waals surface area contributed by atoms with Gasteiger partial charge in [0.1, 0.15) is 23.7 Å². The van der Waals surface area contributed by atoms with Crippen LogP contribution in [0.3, 0.4) is 0 Å². The average molecular weight is 489 g/mol. The summed E-state index contributed by atoms with van der Waals surface area (Å²) in [4.78, 5) is 24.3. The summed E-state index contributed by atoms with van der Waals surface area (Å²) in [6.07, 6.45) is 1.82. The Morgan fingerprint density at radius 3 is 2.50 bits per heavy atom. The first-order valence-electron chi connectivity index (χ1n) is 10.9. The molecule has 0 radical (unpaired) electrons. The van der Waals surface area contributed by atoms with Crippen LogP contribution in [-0.4, -0.2) is 40.5 Å². The van der Waals surface area contributed by atoms with E-state index in [-0.39, 0.29) is 29.9 Å². The normalized spacial score (nSPS) is 13.7. The number of furan rings is 1. The van der Waals surface area contributed by atoms with Crippen LogP contribution in [0.1, 0.15) is 47.2 Å². The number of amides is 1. The first kappa shape index (κ1) is 23.9. The second-order valence-electron chi connectivity index (χ2n) is 8.10. The van der Waals surface area contributed by atoms with Gasteiger partial charge in [-0.25, -0.2) is 17.5 Å². The van der Waals surface area contributed by atoms with Crippen LogP contribution in [0.15, 0.2) is 40.8 Å². The summed E-state index contributed by atoms with van der Waals surface area (Å²) < 4.78 is 51.8. The molecule has 1 aromatic heterocycles. The number of nitrogens with one attached hydrogen (secondary N) is 2. The fourth-order valence-corrected chi connectivity index (χ4v) is 4.99. The lowest BCUT2D eigenvalue weighted by molar-refractivity contribution is -0.141. The lowest BCUT2D eigenvalue weighted by Crippen LogP contribution is -2.31. The quantitative estimate of drug-likeness (QED) is 0.446. The van der Waals surface area contributed by atoms with Gasteiger partial charge in [0, 0.05) is 18.0 Å². The van der Waals surface area contributed by atoms with Crippen LogP contribution in [0.5, 0.6) is 0 Å². The lowest BCUT2D eigenvalue weighted by Gasteiger charge is -2.11. The van der Waals surface area contributed by atoms with Crippen molar-refractivity contribution in [1.82, 2.24) is 10.0 Å². The molecule has 0 spiro atoms. The molecule has 1 heterocycles. The van der Waals surface area contributed by atoms with Gasteiger partial charge in [-0.2, -0.15) is 0 Å². The maximum Gasteiger partial charge on any atom is 0.320 e. The Balaban J connectivity index is 1.77. The van der Waals surface area contributed by atoms with Crippen molar-refractivity contribution >= 4 is 32.9 Å². The van der Waals surface area contributed by atoms with Gasteiger partial charge in [0.25, 0.3) is 5.91 Å². The largest absolute Gasteiger partial charge is 0.465 e.